The van der Waals surface area contributed by atoms with Crippen molar-refractivity contribution >= 4 is 5.78 Å². The van der Waals surface area contributed by atoms with Crippen LogP contribution in [0.25, 0.3) is 0 Å². The van der Waals surface area contributed by atoms with Crippen LogP contribution in [-0.2, 0) is 0 Å². The minimum Gasteiger partial charge on any atom is -0.508 e. The highest BCUT2D eigenvalue weighted by molar-refractivity contribution is 6.08. The lowest BCUT2D eigenvalue weighted by atomic mass is 10.0. The summed E-state index contributed by atoms with van der Waals surface area (Å²) in [6, 6.07) is 6.30. The van der Waals surface area contributed by atoms with Crippen LogP contribution in [0.15, 0.2) is 35.4 Å². The summed E-state index contributed by atoms with van der Waals surface area (Å²) < 4.78 is 0. The van der Waals surface area contributed by atoms with Crippen molar-refractivity contribution in [2.24, 2.45) is 0 Å². The molecule has 0 heterocycles. The van der Waals surface area contributed by atoms with Crippen LogP contribution in [0.4, 0.5) is 0 Å². The van der Waals surface area contributed by atoms with Crippen molar-refractivity contribution in [1.29, 1.82) is 0 Å². The second kappa shape index (κ2) is 4.09. The Kier molecular flexibility index (Phi) is 3.07. The minimum absolute atomic E-state index is 0.0185. The summed E-state index contributed by atoms with van der Waals surface area (Å²) in [5, 5.41) is 9.06. The van der Waals surface area contributed by atoms with Gasteiger partial charge in [-0.05, 0) is 50.6 Å². The number of carbonyl (C=O) groups excluding carboxylic acids is 1. The Morgan fingerprint density at radius 2 is 1.57 bits per heavy atom. The number of hydrogen-bond donors (Lipinski definition) is 1. The number of aromatic hydroxyl groups is 1. The summed E-state index contributed by atoms with van der Waals surface area (Å²) in [6.07, 6.45) is 0. The number of Topliss-reactive ketones (excluding diaryl/α,β-unsaturated/α-hetero) is 1. The Labute approximate surface area is 83.9 Å². The first-order valence-corrected chi connectivity index (χ1v) is 4.50. The number of benzene rings is 1. The molecule has 2 heteroatoms. The van der Waals surface area contributed by atoms with Crippen LogP contribution >= 0.6 is 0 Å². The van der Waals surface area contributed by atoms with Crippen molar-refractivity contribution in [2.75, 3.05) is 0 Å². The standard InChI is InChI=1S/C12H14O2/c1-8(2)9(3)12(14)10-4-6-11(13)7-5-10/h4-7,13H,1-3H3. The molecule has 0 aliphatic heterocycles. The second-order valence-electron chi connectivity index (χ2n) is 3.50. The topological polar surface area (TPSA) is 37.3 Å². The third-order valence-electron chi connectivity index (χ3n) is 2.22. The summed E-state index contributed by atoms with van der Waals surface area (Å²) >= 11 is 0. The quantitative estimate of drug-likeness (QED) is 0.575. The molecule has 0 saturated heterocycles. The van der Waals surface area contributed by atoms with Gasteiger partial charge in [0.1, 0.15) is 5.75 Å². The van der Waals surface area contributed by atoms with Crippen LogP contribution < -0.4 is 0 Å². The highest BCUT2D eigenvalue weighted by Gasteiger charge is 2.08. The minimum atomic E-state index is 0.0185. The fourth-order valence-corrected chi connectivity index (χ4v) is 1.06. The Morgan fingerprint density at radius 1 is 1.07 bits per heavy atom. The van der Waals surface area contributed by atoms with Gasteiger partial charge in [-0.3, -0.25) is 4.79 Å². The maximum Gasteiger partial charge on any atom is 0.188 e. The van der Waals surface area contributed by atoms with E-state index >= 15 is 0 Å². The number of ketones is 1. The van der Waals surface area contributed by atoms with E-state index in [1.54, 1.807) is 12.1 Å². The van der Waals surface area contributed by atoms with Crippen LogP contribution in [0.3, 0.4) is 0 Å². The van der Waals surface area contributed by atoms with E-state index in [2.05, 4.69) is 0 Å². The summed E-state index contributed by atoms with van der Waals surface area (Å²) in [5.74, 6) is 0.196. The predicted octanol–water partition coefficient (Wildman–Crippen LogP) is 2.93. The predicted molar refractivity (Wildman–Crippen MR) is 56.5 cm³/mol. The molecule has 0 saturated carbocycles. The lowest BCUT2D eigenvalue weighted by Gasteiger charge is -2.03. The molecule has 0 spiro atoms. The molecule has 1 rings (SSSR count). The molecule has 0 bridgehead atoms. The highest BCUT2D eigenvalue weighted by atomic mass is 16.3. The summed E-state index contributed by atoms with van der Waals surface area (Å²) in [4.78, 5) is 11.8. The highest BCUT2D eigenvalue weighted by Crippen LogP contribution is 2.15. The Morgan fingerprint density at radius 3 is 2.00 bits per heavy atom. The maximum atomic E-state index is 11.8. The molecular weight excluding hydrogens is 176 g/mol. The van der Waals surface area contributed by atoms with Crippen LogP contribution in [0.2, 0.25) is 0 Å². The van der Waals surface area contributed by atoms with Gasteiger partial charge in [0, 0.05) is 5.56 Å². The largest absolute Gasteiger partial charge is 0.508 e. The SMILES string of the molecule is CC(C)=C(C)C(=O)c1ccc(O)cc1. The first-order valence-electron chi connectivity index (χ1n) is 4.50. The lowest BCUT2D eigenvalue weighted by Crippen LogP contribution is -2.01. The van der Waals surface area contributed by atoms with E-state index in [0.29, 0.717) is 5.56 Å². The molecule has 0 aromatic heterocycles. The molecule has 0 aliphatic rings. The van der Waals surface area contributed by atoms with Gasteiger partial charge in [-0.1, -0.05) is 5.57 Å². The van der Waals surface area contributed by atoms with Gasteiger partial charge in [-0.25, -0.2) is 0 Å². The van der Waals surface area contributed by atoms with Crippen molar-refractivity contribution in [2.45, 2.75) is 20.8 Å². The van der Waals surface area contributed by atoms with Gasteiger partial charge in [-0.2, -0.15) is 0 Å². The van der Waals surface area contributed by atoms with Gasteiger partial charge in [-0.15, -0.1) is 0 Å². The first-order chi connectivity index (χ1) is 6.52. The number of hydrogen-bond acceptors (Lipinski definition) is 2. The van der Waals surface area contributed by atoms with Crippen LogP contribution in [0.1, 0.15) is 31.1 Å². The van der Waals surface area contributed by atoms with Crippen molar-refractivity contribution < 1.29 is 9.90 Å². The zero-order chi connectivity index (χ0) is 10.7. The van der Waals surface area contributed by atoms with Crippen LogP contribution in [0, 0.1) is 0 Å². The first kappa shape index (κ1) is 10.5. The molecule has 2 nitrogen and oxygen atoms in total. The van der Waals surface area contributed by atoms with E-state index in [1.165, 1.54) is 12.1 Å². The Hall–Kier alpha value is -1.57. The molecular formula is C12H14O2. The normalized spacial score (nSPS) is 9.64. The Bertz CT molecular complexity index is 368. The van der Waals surface area contributed by atoms with Crippen LogP contribution in [-0.4, -0.2) is 10.9 Å². The molecule has 74 valence electrons. The van der Waals surface area contributed by atoms with Gasteiger partial charge in [0.05, 0.1) is 0 Å². The molecule has 0 amide bonds. The monoisotopic (exact) mass is 190 g/mol. The number of carbonyl (C=O) groups is 1. The maximum absolute atomic E-state index is 11.8. The summed E-state index contributed by atoms with van der Waals surface area (Å²) in [7, 11) is 0. The smallest absolute Gasteiger partial charge is 0.188 e. The van der Waals surface area contributed by atoms with E-state index in [0.717, 1.165) is 11.1 Å². The fourth-order valence-electron chi connectivity index (χ4n) is 1.06. The number of phenols is 1. The van der Waals surface area contributed by atoms with Crippen molar-refractivity contribution in [3.63, 3.8) is 0 Å². The zero-order valence-electron chi connectivity index (χ0n) is 8.66. The van der Waals surface area contributed by atoms with Crippen molar-refractivity contribution in [1.82, 2.24) is 0 Å². The van der Waals surface area contributed by atoms with E-state index in [-0.39, 0.29) is 11.5 Å². The van der Waals surface area contributed by atoms with Gasteiger partial charge >= 0.3 is 0 Å². The number of allylic oxidation sites excluding steroid dienone is 2. The van der Waals surface area contributed by atoms with Crippen molar-refractivity contribution in [3.05, 3.63) is 41.0 Å². The Balaban J connectivity index is 3.02. The molecule has 0 aliphatic carbocycles. The summed E-state index contributed by atoms with van der Waals surface area (Å²) in [5.41, 5.74) is 2.39. The van der Waals surface area contributed by atoms with E-state index in [4.69, 9.17) is 5.11 Å². The number of rotatable bonds is 2. The molecule has 0 radical (unpaired) electrons. The van der Waals surface area contributed by atoms with E-state index in [9.17, 15) is 4.79 Å². The molecule has 1 aromatic carbocycles. The molecule has 0 fully saturated rings. The molecule has 14 heavy (non-hydrogen) atoms. The van der Waals surface area contributed by atoms with Gasteiger partial charge in [0.25, 0.3) is 0 Å². The van der Waals surface area contributed by atoms with Gasteiger partial charge in [0.2, 0.25) is 0 Å². The average molecular weight is 190 g/mol. The van der Waals surface area contributed by atoms with E-state index < -0.39 is 0 Å². The summed E-state index contributed by atoms with van der Waals surface area (Å²) in [6.45, 7) is 5.63. The van der Waals surface area contributed by atoms with E-state index in [1.807, 2.05) is 20.8 Å². The molecule has 1 N–H and O–H groups in total. The fraction of sp³-hybridized carbons (Fsp3) is 0.250. The molecule has 0 unspecified atom stereocenters. The van der Waals surface area contributed by atoms with Gasteiger partial charge in [0.15, 0.2) is 5.78 Å². The second-order valence-corrected chi connectivity index (χ2v) is 3.50. The average Bonchev–Trinajstić information content (AvgIpc) is 2.16. The van der Waals surface area contributed by atoms with Crippen LogP contribution in [0.5, 0.6) is 5.75 Å². The number of phenolic OH excluding ortho intramolecular Hbond substituents is 1. The third-order valence-corrected chi connectivity index (χ3v) is 2.22. The zero-order valence-corrected chi connectivity index (χ0v) is 8.66. The lowest BCUT2D eigenvalue weighted by molar-refractivity contribution is 0.103. The van der Waals surface area contributed by atoms with Crippen molar-refractivity contribution in [3.8, 4) is 5.75 Å². The van der Waals surface area contributed by atoms with Gasteiger partial charge < -0.3 is 5.11 Å². The molecule has 1 aromatic rings. The molecule has 0 atom stereocenters. The third kappa shape index (κ3) is 2.22.